The number of nitrogens with zero attached hydrogens (tertiary/aromatic N) is 1. The number of aromatic carboxylic acids is 1. The molecule has 0 fully saturated rings. The van der Waals surface area contributed by atoms with Crippen molar-refractivity contribution in [2.45, 2.75) is 33.1 Å². The summed E-state index contributed by atoms with van der Waals surface area (Å²) in [6.45, 7) is 3.89. The van der Waals surface area contributed by atoms with Crippen LogP contribution in [-0.2, 0) is 6.42 Å². The van der Waals surface area contributed by atoms with E-state index in [2.05, 4.69) is 10.3 Å². The van der Waals surface area contributed by atoms with Gasteiger partial charge in [0.05, 0.1) is 5.69 Å². The van der Waals surface area contributed by atoms with E-state index in [9.17, 15) is 14.7 Å². The summed E-state index contributed by atoms with van der Waals surface area (Å²) in [7, 11) is 0. The van der Waals surface area contributed by atoms with Crippen molar-refractivity contribution in [1.82, 2.24) is 4.98 Å². The third-order valence-corrected chi connectivity index (χ3v) is 4.27. The lowest BCUT2D eigenvalue weighted by Gasteiger charge is -2.04. The molecule has 2 aromatic rings. The van der Waals surface area contributed by atoms with Gasteiger partial charge in [-0.2, -0.15) is 0 Å². The van der Waals surface area contributed by atoms with Crippen LogP contribution < -0.4 is 5.32 Å². The average molecular weight is 318 g/mol. The SMILES string of the molecule is CCCCc1nc(NC(=O)c2ccccc2C)sc1C(=O)O. The van der Waals surface area contributed by atoms with Crippen LogP contribution in [0, 0.1) is 6.92 Å². The highest BCUT2D eigenvalue weighted by atomic mass is 32.1. The van der Waals surface area contributed by atoms with Crippen molar-refractivity contribution in [3.63, 3.8) is 0 Å². The van der Waals surface area contributed by atoms with Crippen molar-refractivity contribution < 1.29 is 14.7 Å². The highest BCUT2D eigenvalue weighted by molar-refractivity contribution is 7.17. The molecule has 0 atom stereocenters. The summed E-state index contributed by atoms with van der Waals surface area (Å²) in [5.74, 6) is -1.27. The first-order valence-corrected chi connectivity index (χ1v) is 7.94. The largest absolute Gasteiger partial charge is 0.477 e. The highest BCUT2D eigenvalue weighted by Crippen LogP contribution is 2.25. The first-order valence-electron chi connectivity index (χ1n) is 7.13. The van der Waals surface area contributed by atoms with E-state index < -0.39 is 5.97 Å². The Hall–Kier alpha value is -2.21. The van der Waals surface area contributed by atoms with Crippen LogP contribution >= 0.6 is 11.3 Å². The van der Waals surface area contributed by atoms with Gasteiger partial charge in [0.15, 0.2) is 5.13 Å². The molecule has 2 N–H and O–H groups in total. The number of anilines is 1. The summed E-state index contributed by atoms with van der Waals surface area (Å²) in [5.41, 5.74) is 1.96. The molecule has 2 rings (SSSR count). The smallest absolute Gasteiger partial charge is 0.347 e. The third-order valence-electron chi connectivity index (χ3n) is 3.27. The lowest BCUT2D eigenvalue weighted by atomic mass is 10.1. The molecule has 1 aromatic heterocycles. The second-order valence-electron chi connectivity index (χ2n) is 4.97. The molecular weight excluding hydrogens is 300 g/mol. The van der Waals surface area contributed by atoms with Crippen molar-refractivity contribution in [2.75, 3.05) is 5.32 Å². The molecule has 0 radical (unpaired) electrons. The maximum atomic E-state index is 12.2. The molecule has 0 aliphatic carbocycles. The van der Waals surface area contributed by atoms with Crippen LogP contribution in [0.1, 0.15) is 51.1 Å². The average Bonchev–Trinajstić information content (AvgIpc) is 2.88. The summed E-state index contributed by atoms with van der Waals surface area (Å²) < 4.78 is 0. The number of thiazole rings is 1. The minimum absolute atomic E-state index is 0.202. The van der Waals surface area contributed by atoms with Crippen LogP contribution in [0.3, 0.4) is 0 Å². The van der Waals surface area contributed by atoms with E-state index in [1.165, 1.54) is 0 Å². The Morgan fingerprint density at radius 3 is 2.68 bits per heavy atom. The number of nitrogens with one attached hydrogen (secondary N) is 1. The summed E-state index contributed by atoms with van der Waals surface area (Å²) in [4.78, 5) is 28.0. The molecule has 5 nitrogen and oxygen atoms in total. The molecule has 1 amide bonds. The lowest BCUT2D eigenvalue weighted by molar-refractivity contribution is 0.0700. The van der Waals surface area contributed by atoms with E-state index in [1.807, 2.05) is 26.0 Å². The number of carboxylic acid groups (broad SMARTS) is 1. The van der Waals surface area contributed by atoms with E-state index in [1.54, 1.807) is 12.1 Å². The van der Waals surface area contributed by atoms with E-state index in [4.69, 9.17) is 0 Å². The molecule has 22 heavy (non-hydrogen) atoms. The Kier molecular flexibility index (Phi) is 5.27. The molecular formula is C16H18N2O3S. The van der Waals surface area contributed by atoms with Crippen molar-refractivity contribution in [1.29, 1.82) is 0 Å². The molecule has 6 heteroatoms. The number of carboxylic acids is 1. The second kappa shape index (κ2) is 7.17. The monoisotopic (exact) mass is 318 g/mol. The predicted octanol–water partition coefficient (Wildman–Crippen LogP) is 3.74. The van der Waals surface area contributed by atoms with Gasteiger partial charge in [-0.3, -0.25) is 10.1 Å². The van der Waals surface area contributed by atoms with E-state index in [-0.39, 0.29) is 10.8 Å². The number of rotatable bonds is 6. The van der Waals surface area contributed by atoms with Gasteiger partial charge in [-0.25, -0.2) is 9.78 Å². The number of unbranched alkanes of at least 4 members (excludes halogenated alkanes) is 1. The summed E-state index contributed by atoms with van der Waals surface area (Å²) in [6, 6.07) is 7.24. The zero-order chi connectivity index (χ0) is 16.1. The quantitative estimate of drug-likeness (QED) is 0.850. The van der Waals surface area contributed by atoms with Gasteiger partial charge in [-0.1, -0.05) is 42.9 Å². The van der Waals surface area contributed by atoms with Gasteiger partial charge in [-0.15, -0.1) is 0 Å². The van der Waals surface area contributed by atoms with Crippen molar-refractivity contribution in [3.05, 3.63) is 46.0 Å². The van der Waals surface area contributed by atoms with Crippen molar-refractivity contribution in [3.8, 4) is 0 Å². The molecule has 116 valence electrons. The lowest BCUT2D eigenvalue weighted by Crippen LogP contribution is -2.13. The fourth-order valence-electron chi connectivity index (χ4n) is 2.08. The number of hydrogen-bond donors (Lipinski definition) is 2. The maximum absolute atomic E-state index is 12.2. The van der Waals surface area contributed by atoms with Gasteiger partial charge >= 0.3 is 5.97 Å². The number of carbonyl (C=O) groups is 2. The zero-order valence-electron chi connectivity index (χ0n) is 12.5. The number of carbonyl (C=O) groups excluding carboxylic acids is 1. The normalized spacial score (nSPS) is 10.5. The second-order valence-corrected chi connectivity index (χ2v) is 5.97. The Morgan fingerprint density at radius 1 is 1.32 bits per heavy atom. The van der Waals surface area contributed by atoms with Crippen LogP contribution in [0.4, 0.5) is 5.13 Å². The molecule has 0 aliphatic heterocycles. The van der Waals surface area contributed by atoms with Crippen LogP contribution in [0.15, 0.2) is 24.3 Å². The van der Waals surface area contributed by atoms with Crippen LogP contribution in [-0.4, -0.2) is 22.0 Å². The zero-order valence-corrected chi connectivity index (χ0v) is 13.4. The van der Waals surface area contributed by atoms with Gasteiger partial charge in [0.2, 0.25) is 0 Å². The Labute approximate surface area is 133 Å². The van der Waals surface area contributed by atoms with Crippen LogP contribution in [0.2, 0.25) is 0 Å². The van der Waals surface area contributed by atoms with Crippen LogP contribution in [0.25, 0.3) is 0 Å². The van der Waals surface area contributed by atoms with E-state index in [0.29, 0.717) is 22.8 Å². The fraction of sp³-hybridized carbons (Fsp3) is 0.312. The van der Waals surface area contributed by atoms with Crippen molar-refractivity contribution >= 4 is 28.3 Å². The number of aromatic nitrogens is 1. The minimum Gasteiger partial charge on any atom is -0.477 e. The summed E-state index contributed by atoms with van der Waals surface area (Å²) in [5, 5.41) is 12.3. The predicted molar refractivity (Wildman–Crippen MR) is 86.8 cm³/mol. The Balaban J connectivity index is 2.21. The van der Waals surface area contributed by atoms with Gasteiger partial charge in [-0.05, 0) is 31.4 Å². The Morgan fingerprint density at radius 2 is 2.05 bits per heavy atom. The first kappa shape index (κ1) is 16.2. The van der Waals surface area contributed by atoms with E-state index >= 15 is 0 Å². The standard InChI is InChI=1S/C16H18N2O3S/c1-3-4-9-12-13(15(20)21)22-16(17-12)18-14(19)11-8-6-5-7-10(11)2/h5-8H,3-4,9H2,1-2H3,(H,20,21)(H,17,18,19). The third kappa shape index (κ3) is 3.71. The Bertz CT molecular complexity index is 694. The molecule has 1 heterocycles. The molecule has 0 saturated heterocycles. The molecule has 0 aliphatic rings. The van der Waals surface area contributed by atoms with Crippen molar-refractivity contribution in [2.24, 2.45) is 0 Å². The molecule has 0 unspecified atom stereocenters. The molecule has 0 bridgehead atoms. The highest BCUT2D eigenvalue weighted by Gasteiger charge is 2.18. The summed E-state index contributed by atoms with van der Waals surface area (Å²) >= 11 is 1.00. The maximum Gasteiger partial charge on any atom is 0.347 e. The number of benzene rings is 1. The van der Waals surface area contributed by atoms with Gasteiger partial charge in [0.1, 0.15) is 4.88 Å². The van der Waals surface area contributed by atoms with E-state index in [0.717, 1.165) is 29.7 Å². The number of amides is 1. The van der Waals surface area contributed by atoms with Gasteiger partial charge < -0.3 is 5.11 Å². The molecule has 1 aromatic carbocycles. The number of hydrogen-bond acceptors (Lipinski definition) is 4. The number of aryl methyl sites for hydroxylation is 2. The minimum atomic E-state index is -1.00. The molecule has 0 saturated carbocycles. The first-order chi connectivity index (χ1) is 10.5. The van der Waals surface area contributed by atoms with Gasteiger partial charge in [0, 0.05) is 5.56 Å². The van der Waals surface area contributed by atoms with Gasteiger partial charge in [0.25, 0.3) is 5.91 Å². The van der Waals surface area contributed by atoms with Crippen LogP contribution in [0.5, 0.6) is 0 Å². The fourth-order valence-corrected chi connectivity index (χ4v) is 2.92. The summed E-state index contributed by atoms with van der Waals surface area (Å²) in [6.07, 6.45) is 2.44. The topological polar surface area (TPSA) is 79.3 Å². The molecule has 0 spiro atoms.